The third-order valence-electron chi connectivity index (χ3n) is 3.37. The van der Waals surface area contributed by atoms with Crippen molar-refractivity contribution in [2.24, 2.45) is 0 Å². The Hall–Kier alpha value is -2.35. The Morgan fingerprint density at radius 1 is 1.04 bits per heavy atom. The molecular formula is C16H23N5O2S. The van der Waals surface area contributed by atoms with E-state index in [1.54, 1.807) is 24.3 Å². The molecule has 0 radical (unpaired) electrons. The minimum atomic E-state index is -3.27. The predicted octanol–water partition coefficient (Wildman–Crippen LogP) is 2.75. The van der Waals surface area contributed by atoms with Gasteiger partial charge in [0.05, 0.1) is 6.26 Å². The van der Waals surface area contributed by atoms with E-state index in [1.165, 1.54) is 0 Å². The minimum Gasteiger partial charge on any atom is -0.357 e. The molecule has 0 saturated carbocycles. The summed E-state index contributed by atoms with van der Waals surface area (Å²) in [6.45, 7) is 7.77. The third-order valence-corrected chi connectivity index (χ3v) is 3.98. The van der Waals surface area contributed by atoms with Crippen LogP contribution in [0, 0.1) is 6.92 Å². The minimum absolute atomic E-state index is 0.519. The van der Waals surface area contributed by atoms with Crippen LogP contribution in [0.3, 0.4) is 0 Å². The first-order chi connectivity index (χ1) is 11.3. The van der Waals surface area contributed by atoms with Crippen LogP contribution in [-0.4, -0.2) is 37.7 Å². The highest BCUT2D eigenvalue weighted by molar-refractivity contribution is 7.92. The monoisotopic (exact) mass is 349 g/mol. The van der Waals surface area contributed by atoms with Crippen LogP contribution in [0.15, 0.2) is 30.3 Å². The lowest BCUT2D eigenvalue weighted by molar-refractivity contribution is 0.607. The summed E-state index contributed by atoms with van der Waals surface area (Å²) >= 11 is 0. The van der Waals surface area contributed by atoms with E-state index in [1.807, 2.05) is 13.0 Å². The Kier molecular flexibility index (Phi) is 5.61. The van der Waals surface area contributed by atoms with Gasteiger partial charge in [0.15, 0.2) is 0 Å². The normalized spacial score (nSPS) is 11.2. The van der Waals surface area contributed by atoms with Gasteiger partial charge in [-0.05, 0) is 45.0 Å². The third kappa shape index (κ3) is 5.09. The molecule has 7 nitrogen and oxygen atoms in total. The van der Waals surface area contributed by atoms with Gasteiger partial charge in [-0.15, -0.1) is 0 Å². The molecule has 24 heavy (non-hydrogen) atoms. The van der Waals surface area contributed by atoms with Crippen molar-refractivity contribution >= 4 is 33.0 Å². The standard InChI is InChI=1S/C16H23N5O2S/c1-5-21(6-2)16-11-15(17-12(3)18-16)19-13-7-9-14(10-8-13)20-24(4,22)23/h7-11,20H,5-6H2,1-4H3,(H,17,18,19). The molecule has 1 aromatic heterocycles. The van der Waals surface area contributed by atoms with Crippen molar-refractivity contribution in [3.63, 3.8) is 0 Å². The highest BCUT2D eigenvalue weighted by Gasteiger charge is 2.08. The van der Waals surface area contributed by atoms with Crippen molar-refractivity contribution < 1.29 is 8.42 Å². The summed E-state index contributed by atoms with van der Waals surface area (Å²) in [7, 11) is -3.27. The molecular weight excluding hydrogens is 326 g/mol. The zero-order valence-corrected chi connectivity index (χ0v) is 15.2. The first-order valence-corrected chi connectivity index (χ1v) is 9.65. The summed E-state index contributed by atoms with van der Waals surface area (Å²) in [6.07, 6.45) is 1.12. The van der Waals surface area contributed by atoms with Gasteiger partial charge in [0.1, 0.15) is 17.5 Å². The Balaban J connectivity index is 2.19. The second kappa shape index (κ2) is 7.48. The lowest BCUT2D eigenvalue weighted by Crippen LogP contribution is -2.23. The van der Waals surface area contributed by atoms with Gasteiger partial charge in [0, 0.05) is 30.5 Å². The lowest BCUT2D eigenvalue weighted by Gasteiger charge is -2.20. The first-order valence-electron chi connectivity index (χ1n) is 7.76. The van der Waals surface area contributed by atoms with Crippen molar-refractivity contribution in [3.8, 4) is 0 Å². The van der Waals surface area contributed by atoms with Crippen LogP contribution in [0.2, 0.25) is 0 Å². The van der Waals surface area contributed by atoms with Gasteiger partial charge in [-0.1, -0.05) is 0 Å². The van der Waals surface area contributed by atoms with E-state index >= 15 is 0 Å². The molecule has 0 bridgehead atoms. The molecule has 130 valence electrons. The fourth-order valence-electron chi connectivity index (χ4n) is 2.31. The number of benzene rings is 1. The zero-order valence-electron chi connectivity index (χ0n) is 14.4. The maximum Gasteiger partial charge on any atom is 0.229 e. The van der Waals surface area contributed by atoms with Crippen molar-refractivity contribution in [3.05, 3.63) is 36.2 Å². The van der Waals surface area contributed by atoms with E-state index in [0.29, 0.717) is 17.3 Å². The number of sulfonamides is 1. The fourth-order valence-corrected chi connectivity index (χ4v) is 2.87. The maximum atomic E-state index is 11.2. The number of hydrogen-bond acceptors (Lipinski definition) is 6. The van der Waals surface area contributed by atoms with Crippen LogP contribution in [0.4, 0.5) is 23.0 Å². The van der Waals surface area contributed by atoms with Gasteiger partial charge < -0.3 is 10.2 Å². The van der Waals surface area contributed by atoms with Crippen LogP contribution in [-0.2, 0) is 10.0 Å². The quantitative estimate of drug-likeness (QED) is 0.799. The Labute approximate surface area is 143 Å². The molecule has 2 N–H and O–H groups in total. The second-order valence-corrected chi connectivity index (χ2v) is 7.16. The SMILES string of the molecule is CCN(CC)c1cc(Nc2ccc(NS(C)(=O)=O)cc2)nc(C)n1. The van der Waals surface area contributed by atoms with Crippen LogP contribution in [0.5, 0.6) is 0 Å². The Morgan fingerprint density at radius 3 is 2.17 bits per heavy atom. The van der Waals surface area contributed by atoms with Crippen LogP contribution < -0.4 is 14.9 Å². The van der Waals surface area contributed by atoms with Crippen molar-refractivity contribution in [2.45, 2.75) is 20.8 Å². The van der Waals surface area contributed by atoms with Crippen molar-refractivity contribution in [2.75, 3.05) is 34.3 Å². The average Bonchev–Trinajstić information content (AvgIpc) is 2.48. The first kappa shape index (κ1) is 18.0. The van der Waals surface area contributed by atoms with Gasteiger partial charge in [0.2, 0.25) is 10.0 Å². The molecule has 0 spiro atoms. The molecule has 0 aliphatic rings. The second-order valence-electron chi connectivity index (χ2n) is 5.41. The molecule has 0 atom stereocenters. The van der Waals surface area contributed by atoms with E-state index in [2.05, 4.69) is 38.8 Å². The number of nitrogens with zero attached hydrogens (tertiary/aromatic N) is 3. The maximum absolute atomic E-state index is 11.2. The number of nitrogens with one attached hydrogen (secondary N) is 2. The lowest BCUT2D eigenvalue weighted by atomic mass is 10.3. The number of aromatic nitrogens is 2. The largest absolute Gasteiger partial charge is 0.357 e. The fraction of sp³-hybridized carbons (Fsp3) is 0.375. The topological polar surface area (TPSA) is 87.2 Å². The number of aryl methyl sites for hydroxylation is 1. The molecule has 0 aliphatic carbocycles. The highest BCUT2D eigenvalue weighted by atomic mass is 32.2. The van der Waals surface area contributed by atoms with Crippen LogP contribution in [0.1, 0.15) is 19.7 Å². The van der Waals surface area contributed by atoms with E-state index in [0.717, 1.165) is 30.9 Å². The summed E-state index contributed by atoms with van der Waals surface area (Å²) in [5.74, 6) is 2.27. The molecule has 1 heterocycles. The summed E-state index contributed by atoms with van der Waals surface area (Å²) in [6, 6.07) is 8.89. The molecule has 2 rings (SSSR count). The molecule has 8 heteroatoms. The van der Waals surface area contributed by atoms with Crippen molar-refractivity contribution in [1.29, 1.82) is 0 Å². The summed E-state index contributed by atoms with van der Waals surface area (Å²) < 4.78 is 24.9. The molecule has 0 fully saturated rings. The molecule has 0 saturated heterocycles. The Bertz CT molecular complexity index is 787. The summed E-state index contributed by atoms with van der Waals surface area (Å²) in [5, 5.41) is 3.22. The van der Waals surface area contributed by atoms with Gasteiger partial charge >= 0.3 is 0 Å². The predicted molar refractivity (Wildman–Crippen MR) is 98.5 cm³/mol. The average molecular weight is 349 g/mol. The van der Waals surface area contributed by atoms with Gasteiger partial charge in [-0.2, -0.15) is 0 Å². The molecule has 0 amide bonds. The molecule has 0 unspecified atom stereocenters. The summed E-state index contributed by atoms with van der Waals surface area (Å²) in [5.41, 5.74) is 1.34. The Morgan fingerprint density at radius 2 is 1.62 bits per heavy atom. The molecule has 1 aromatic carbocycles. The van der Waals surface area contributed by atoms with Gasteiger partial charge in [-0.3, -0.25) is 4.72 Å². The molecule has 2 aromatic rings. The molecule has 0 aliphatic heterocycles. The van der Waals surface area contributed by atoms with Crippen LogP contribution in [0.25, 0.3) is 0 Å². The van der Waals surface area contributed by atoms with Gasteiger partial charge in [-0.25, -0.2) is 18.4 Å². The number of anilines is 4. The number of hydrogen-bond donors (Lipinski definition) is 2. The van der Waals surface area contributed by atoms with Gasteiger partial charge in [0.25, 0.3) is 0 Å². The smallest absolute Gasteiger partial charge is 0.229 e. The van der Waals surface area contributed by atoms with Crippen LogP contribution >= 0.6 is 0 Å². The summed E-state index contributed by atoms with van der Waals surface area (Å²) in [4.78, 5) is 11.0. The highest BCUT2D eigenvalue weighted by Crippen LogP contribution is 2.21. The van der Waals surface area contributed by atoms with E-state index in [-0.39, 0.29) is 0 Å². The number of rotatable bonds is 7. The zero-order chi connectivity index (χ0) is 17.7. The van der Waals surface area contributed by atoms with E-state index < -0.39 is 10.0 Å². The van der Waals surface area contributed by atoms with E-state index in [4.69, 9.17) is 0 Å². The van der Waals surface area contributed by atoms with E-state index in [9.17, 15) is 8.42 Å². The van der Waals surface area contributed by atoms with Crippen molar-refractivity contribution in [1.82, 2.24) is 9.97 Å².